The number of benzene rings is 2. The van der Waals surface area contributed by atoms with Gasteiger partial charge in [-0.3, -0.25) is 9.59 Å². The summed E-state index contributed by atoms with van der Waals surface area (Å²) in [4.78, 5) is 23.9. The standard InChI is InChI=1S/C19H19NO2/c1-13(21)20-18-12-15(11-14-7-3-2-4-8-14)16-9-5-6-10-17(16)19(18)22/h2-10,15,18H,11-12H2,1H3,(H,20,21). The predicted octanol–water partition coefficient (Wildman–Crippen LogP) is 3.10. The highest BCUT2D eigenvalue weighted by Gasteiger charge is 2.33. The number of ketones is 1. The van der Waals surface area contributed by atoms with Crippen molar-refractivity contribution in [2.75, 3.05) is 0 Å². The van der Waals surface area contributed by atoms with Crippen LogP contribution in [0.15, 0.2) is 54.6 Å². The lowest BCUT2D eigenvalue weighted by Crippen LogP contribution is -2.44. The predicted molar refractivity (Wildman–Crippen MR) is 85.9 cm³/mol. The van der Waals surface area contributed by atoms with Gasteiger partial charge in [-0.25, -0.2) is 0 Å². The van der Waals surface area contributed by atoms with Gasteiger partial charge < -0.3 is 5.32 Å². The number of hydrogen-bond acceptors (Lipinski definition) is 2. The molecule has 0 aliphatic heterocycles. The van der Waals surface area contributed by atoms with E-state index in [9.17, 15) is 9.59 Å². The Kier molecular flexibility index (Phi) is 4.05. The molecule has 1 N–H and O–H groups in total. The molecule has 2 atom stereocenters. The molecule has 0 aromatic heterocycles. The third-order valence-corrected chi connectivity index (χ3v) is 4.21. The van der Waals surface area contributed by atoms with Crippen LogP contribution >= 0.6 is 0 Å². The SMILES string of the molecule is CC(=O)NC1CC(Cc2ccccc2)c2ccccc2C1=O. The van der Waals surface area contributed by atoms with Gasteiger partial charge in [-0.2, -0.15) is 0 Å². The molecule has 2 aromatic rings. The van der Waals surface area contributed by atoms with E-state index in [0.717, 1.165) is 17.5 Å². The van der Waals surface area contributed by atoms with Gasteiger partial charge in [-0.1, -0.05) is 54.6 Å². The summed E-state index contributed by atoms with van der Waals surface area (Å²) in [6.07, 6.45) is 1.53. The molecule has 0 saturated heterocycles. The number of nitrogens with one attached hydrogen (secondary N) is 1. The Hall–Kier alpha value is -2.42. The number of hydrogen-bond donors (Lipinski definition) is 1. The van der Waals surface area contributed by atoms with Crippen LogP contribution in [0, 0.1) is 0 Å². The van der Waals surface area contributed by atoms with Gasteiger partial charge in [0.15, 0.2) is 5.78 Å². The maximum Gasteiger partial charge on any atom is 0.217 e. The summed E-state index contributed by atoms with van der Waals surface area (Å²) < 4.78 is 0. The first kappa shape index (κ1) is 14.5. The summed E-state index contributed by atoms with van der Waals surface area (Å²) in [6, 6.07) is 17.6. The van der Waals surface area contributed by atoms with Crippen LogP contribution in [0.25, 0.3) is 0 Å². The summed E-state index contributed by atoms with van der Waals surface area (Å²) in [5.74, 6) is 0.111. The van der Waals surface area contributed by atoms with E-state index in [-0.39, 0.29) is 17.6 Å². The highest BCUT2D eigenvalue weighted by molar-refractivity contribution is 6.04. The molecule has 112 valence electrons. The molecule has 3 heteroatoms. The van der Waals surface area contributed by atoms with Gasteiger partial charge in [0.1, 0.15) is 0 Å². The van der Waals surface area contributed by atoms with Gasteiger partial charge >= 0.3 is 0 Å². The van der Waals surface area contributed by atoms with Crippen molar-refractivity contribution < 1.29 is 9.59 Å². The fourth-order valence-electron chi connectivity index (χ4n) is 3.25. The molecular weight excluding hydrogens is 274 g/mol. The Labute approximate surface area is 130 Å². The van der Waals surface area contributed by atoms with Gasteiger partial charge in [0.25, 0.3) is 0 Å². The van der Waals surface area contributed by atoms with Crippen molar-refractivity contribution >= 4 is 11.7 Å². The summed E-state index contributed by atoms with van der Waals surface area (Å²) in [6.45, 7) is 1.46. The van der Waals surface area contributed by atoms with Gasteiger partial charge in [-0.05, 0) is 29.9 Å². The number of carbonyl (C=O) groups is 2. The van der Waals surface area contributed by atoms with Crippen molar-refractivity contribution in [3.8, 4) is 0 Å². The van der Waals surface area contributed by atoms with E-state index in [1.807, 2.05) is 42.5 Å². The largest absolute Gasteiger partial charge is 0.346 e. The normalized spacial score (nSPS) is 20.3. The maximum atomic E-state index is 12.5. The molecule has 0 bridgehead atoms. The Morgan fingerprint density at radius 2 is 1.77 bits per heavy atom. The highest BCUT2D eigenvalue weighted by atomic mass is 16.2. The molecule has 0 fully saturated rings. The molecule has 1 aliphatic carbocycles. The van der Waals surface area contributed by atoms with Crippen LogP contribution in [0.4, 0.5) is 0 Å². The average molecular weight is 293 g/mol. The zero-order valence-electron chi connectivity index (χ0n) is 12.6. The van der Waals surface area contributed by atoms with Gasteiger partial charge in [0, 0.05) is 12.5 Å². The summed E-state index contributed by atoms with van der Waals surface area (Å²) >= 11 is 0. The minimum absolute atomic E-state index is 0.0233. The third kappa shape index (κ3) is 2.93. The van der Waals surface area contributed by atoms with Crippen LogP contribution in [-0.2, 0) is 11.2 Å². The summed E-state index contributed by atoms with van der Waals surface area (Å²) in [5.41, 5.74) is 3.09. The lowest BCUT2D eigenvalue weighted by Gasteiger charge is -2.31. The minimum atomic E-state index is -0.416. The van der Waals surface area contributed by atoms with Crippen molar-refractivity contribution in [2.24, 2.45) is 0 Å². The molecule has 0 heterocycles. The van der Waals surface area contributed by atoms with Gasteiger partial charge in [0.2, 0.25) is 5.91 Å². The quantitative estimate of drug-likeness (QED) is 0.945. The first-order chi connectivity index (χ1) is 10.6. The van der Waals surface area contributed by atoms with Crippen LogP contribution in [-0.4, -0.2) is 17.7 Å². The lowest BCUT2D eigenvalue weighted by atomic mass is 9.76. The van der Waals surface area contributed by atoms with Gasteiger partial charge in [0.05, 0.1) is 6.04 Å². The second-order valence-electron chi connectivity index (χ2n) is 5.83. The lowest BCUT2D eigenvalue weighted by molar-refractivity contribution is -0.119. The van der Waals surface area contributed by atoms with Crippen LogP contribution in [0.5, 0.6) is 0 Å². The number of amides is 1. The second-order valence-corrected chi connectivity index (χ2v) is 5.83. The van der Waals surface area contributed by atoms with Crippen molar-refractivity contribution in [3.63, 3.8) is 0 Å². The van der Waals surface area contributed by atoms with E-state index in [0.29, 0.717) is 6.42 Å². The Bertz CT molecular complexity index is 694. The fourth-order valence-corrected chi connectivity index (χ4v) is 3.25. The highest BCUT2D eigenvalue weighted by Crippen LogP contribution is 2.34. The first-order valence-corrected chi connectivity index (χ1v) is 7.59. The van der Waals surface area contributed by atoms with Crippen LogP contribution in [0.1, 0.15) is 40.7 Å². The van der Waals surface area contributed by atoms with Crippen molar-refractivity contribution in [1.82, 2.24) is 5.32 Å². The molecule has 0 radical (unpaired) electrons. The minimum Gasteiger partial charge on any atom is -0.346 e. The molecule has 1 amide bonds. The van der Waals surface area contributed by atoms with E-state index in [4.69, 9.17) is 0 Å². The van der Waals surface area contributed by atoms with Crippen molar-refractivity contribution in [2.45, 2.75) is 31.7 Å². The smallest absolute Gasteiger partial charge is 0.217 e. The Morgan fingerprint density at radius 1 is 1.09 bits per heavy atom. The third-order valence-electron chi connectivity index (χ3n) is 4.21. The van der Waals surface area contributed by atoms with Crippen molar-refractivity contribution in [1.29, 1.82) is 0 Å². The topological polar surface area (TPSA) is 46.2 Å². The number of fused-ring (bicyclic) bond motifs is 1. The average Bonchev–Trinajstić information content (AvgIpc) is 2.52. The number of carbonyl (C=O) groups excluding carboxylic acids is 2. The van der Waals surface area contributed by atoms with Crippen LogP contribution in [0.2, 0.25) is 0 Å². The summed E-state index contributed by atoms with van der Waals surface area (Å²) in [5, 5.41) is 2.80. The molecule has 3 rings (SSSR count). The Balaban J connectivity index is 1.93. The zero-order chi connectivity index (χ0) is 15.5. The molecule has 0 spiro atoms. The summed E-state index contributed by atoms with van der Waals surface area (Å²) in [7, 11) is 0. The molecule has 22 heavy (non-hydrogen) atoms. The molecule has 3 nitrogen and oxygen atoms in total. The monoisotopic (exact) mass is 293 g/mol. The number of Topliss-reactive ketones (excluding diaryl/α,β-unsaturated/α-hetero) is 1. The number of rotatable bonds is 3. The molecular formula is C19H19NO2. The van der Waals surface area contributed by atoms with Gasteiger partial charge in [-0.15, -0.1) is 0 Å². The van der Waals surface area contributed by atoms with Crippen molar-refractivity contribution in [3.05, 3.63) is 71.3 Å². The molecule has 1 aliphatic rings. The molecule has 0 saturated carbocycles. The van der Waals surface area contributed by atoms with E-state index in [1.165, 1.54) is 12.5 Å². The van der Waals surface area contributed by atoms with E-state index in [2.05, 4.69) is 17.4 Å². The maximum absolute atomic E-state index is 12.5. The zero-order valence-corrected chi connectivity index (χ0v) is 12.6. The second kappa shape index (κ2) is 6.14. The first-order valence-electron chi connectivity index (χ1n) is 7.59. The van der Waals surface area contributed by atoms with Crippen LogP contribution in [0.3, 0.4) is 0 Å². The van der Waals surface area contributed by atoms with Crippen LogP contribution < -0.4 is 5.32 Å². The fraction of sp³-hybridized carbons (Fsp3) is 0.263. The van der Waals surface area contributed by atoms with E-state index < -0.39 is 6.04 Å². The molecule has 2 aromatic carbocycles. The van der Waals surface area contributed by atoms with E-state index in [1.54, 1.807) is 0 Å². The molecule has 2 unspecified atom stereocenters. The van der Waals surface area contributed by atoms with E-state index >= 15 is 0 Å². The Morgan fingerprint density at radius 3 is 2.50 bits per heavy atom.